The van der Waals surface area contributed by atoms with Crippen LogP contribution in [0.3, 0.4) is 0 Å². The molecule has 2 aromatic heterocycles. The first-order valence-corrected chi connectivity index (χ1v) is 6.68. The molecule has 0 bridgehead atoms. The molecule has 0 saturated heterocycles. The molecule has 102 valence electrons. The molecule has 0 spiro atoms. The SMILES string of the molecule is CCC(Nc1ccc(N)c2ncccc12)c1ncc[nH]1. The number of nitrogens with zero attached hydrogens (tertiary/aromatic N) is 2. The van der Waals surface area contributed by atoms with Gasteiger partial charge in [0.05, 0.1) is 17.2 Å². The number of fused-ring (bicyclic) bond motifs is 1. The molecule has 0 aliphatic carbocycles. The van der Waals surface area contributed by atoms with Crippen LogP contribution in [0.4, 0.5) is 11.4 Å². The van der Waals surface area contributed by atoms with Crippen molar-refractivity contribution in [2.75, 3.05) is 11.1 Å². The fourth-order valence-electron chi connectivity index (χ4n) is 2.34. The van der Waals surface area contributed by atoms with E-state index in [-0.39, 0.29) is 6.04 Å². The van der Waals surface area contributed by atoms with Crippen LogP contribution in [-0.4, -0.2) is 15.0 Å². The summed E-state index contributed by atoms with van der Waals surface area (Å²) in [5, 5.41) is 4.54. The van der Waals surface area contributed by atoms with Gasteiger partial charge in [0, 0.05) is 29.7 Å². The molecule has 20 heavy (non-hydrogen) atoms. The summed E-state index contributed by atoms with van der Waals surface area (Å²) in [4.78, 5) is 11.8. The van der Waals surface area contributed by atoms with Gasteiger partial charge in [0.15, 0.2) is 0 Å². The van der Waals surface area contributed by atoms with Crippen LogP contribution < -0.4 is 11.1 Å². The van der Waals surface area contributed by atoms with Crippen molar-refractivity contribution in [2.45, 2.75) is 19.4 Å². The zero-order valence-electron chi connectivity index (χ0n) is 11.3. The van der Waals surface area contributed by atoms with Crippen LogP contribution in [-0.2, 0) is 0 Å². The Morgan fingerprint density at radius 1 is 1.25 bits per heavy atom. The maximum atomic E-state index is 5.97. The number of imidazole rings is 1. The number of anilines is 2. The Kier molecular flexibility index (Phi) is 3.25. The molecule has 3 rings (SSSR count). The number of hydrogen-bond donors (Lipinski definition) is 3. The number of aromatic nitrogens is 3. The third-order valence-electron chi connectivity index (χ3n) is 3.39. The maximum absolute atomic E-state index is 5.97. The number of benzene rings is 1. The summed E-state index contributed by atoms with van der Waals surface area (Å²) in [7, 11) is 0. The predicted molar refractivity (Wildman–Crippen MR) is 81.4 cm³/mol. The van der Waals surface area contributed by atoms with Crippen molar-refractivity contribution >= 4 is 22.3 Å². The number of aromatic amines is 1. The van der Waals surface area contributed by atoms with E-state index >= 15 is 0 Å². The van der Waals surface area contributed by atoms with E-state index in [0.29, 0.717) is 5.69 Å². The molecule has 0 fully saturated rings. The average Bonchev–Trinajstić information content (AvgIpc) is 3.01. The van der Waals surface area contributed by atoms with Crippen molar-refractivity contribution in [1.29, 1.82) is 0 Å². The Labute approximate surface area is 117 Å². The van der Waals surface area contributed by atoms with E-state index in [4.69, 9.17) is 5.73 Å². The van der Waals surface area contributed by atoms with Crippen molar-refractivity contribution in [1.82, 2.24) is 15.0 Å². The molecule has 0 radical (unpaired) electrons. The molecule has 0 saturated carbocycles. The minimum absolute atomic E-state index is 0.136. The molecule has 1 unspecified atom stereocenters. The second kappa shape index (κ2) is 5.21. The van der Waals surface area contributed by atoms with Crippen LogP contribution in [0.25, 0.3) is 10.9 Å². The number of pyridine rings is 1. The van der Waals surface area contributed by atoms with Gasteiger partial charge in [-0.1, -0.05) is 6.92 Å². The van der Waals surface area contributed by atoms with Gasteiger partial charge in [-0.3, -0.25) is 4.98 Å². The number of hydrogen-bond acceptors (Lipinski definition) is 4. The molecular weight excluding hydrogens is 250 g/mol. The summed E-state index contributed by atoms with van der Waals surface area (Å²) in [6.07, 6.45) is 6.29. The second-order valence-electron chi connectivity index (χ2n) is 4.68. The standard InChI is InChI=1S/C15H17N5/c1-2-12(15-18-8-9-19-15)20-13-6-5-11(16)14-10(13)4-3-7-17-14/h3-9,12,20H,2,16H2,1H3,(H,18,19). The van der Waals surface area contributed by atoms with Crippen LogP contribution in [0.2, 0.25) is 0 Å². The highest BCUT2D eigenvalue weighted by atomic mass is 15.0. The van der Waals surface area contributed by atoms with Gasteiger partial charge in [-0.25, -0.2) is 4.98 Å². The van der Waals surface area contributed by atoms with E-state index < -0.39 is 0 Å². The van der Waals surface area contributed by atoms with E-state index in [9.17, 15) is 0 Å². The van der Waals surface area contributed by atoms with Crippen molar-refractivity contribution in [2.24, 2.45) is 0 Å². The molecule has 5 heteroatoms. The normalized spacial score (nSPS) is 12.4. The Hall–Kier alpha value is -2.56. The Morgan fingerprint density at radius 3 is 2.90 bits per heavy atom. The first kappa shape index (κ1) is 12.5. The highest BCUT2D eigenvalue weighted by molar-refractivity contribution is 5.98. The Bertz CT molecular complexity index is 705. The summed E-state index contributed by atoms with van der Waals surface area (Å²) in [5.74, 6) is 0.932. The van der Waals surface area contributed by atoms with Crippen molar-refractivity contribution in [3.63, 3.8) is 0 Å². The van der Waals surface area contributed by atoms with Gasteiger partial charge in [-0.15, -0.1) is 0 Å². The van der Waals surface area contributed by atoms with Gasteiger partial charge in [0.1, 0.15) is 5.82 Å². The number of nitrogens with one attached hydrogen (secondary N) is 2. The zero-order chi connectivity index (χ0) is 13.9. The molecule has 4 N–H and O–H groups in total. The molecule has 1 atom stereocenters. The quantitative estimate of drug-likeness (QED) is 0.634. The smallest absolute Gasteiger partial charge is 0.128 e. The molecule has 2 heterocycles. The fraction of sp³-hybridized carbons (Fsp3) is 0.200. The molecule has 0 amide bonds. The second-order valence-corrected chi connectivity index (χ2v) is 4.68. The van der Waals surface area contributed by atoms with Crippen LogP contribution in [0.5, 0.6) is 0 Å². The van der Waals surface area contributed by atoms with E-state index in [1.807, 2.05) is 30.5 Å². The molecule has 3 aromatic rings. The number of nitrogens with two attached hydrogens (primary N) is 1. The third-order valence-corrected chi connectivity index (χ3v) is 3.39. The molecule has 5 nitrogen and oxygen atoms in total. The third kappa shape index (κ3) is 2.18. The van der Waals surface area contributed by atoms with E-state index in [1.165, 1.54) is 0 Å². The number of rotatable bonds is 4. The van der Waals surface area contributed by atoms with Crippen LogP contribution >= 0.6 is 0 Å². The minimum atomic E-state index is 0.136. The lowest BCUT2D eigenvalue weighted by Crippen LogP contribution is -2.11. The summed E-state index contributed by atoms with van der Waals surface area (Å²) >= 11 is 0. The largest absolute Gasteiger partial charge is 0.397 e. The van der Waals surface area contributed by atoms with Crippen LogP contribution in [0.1, 0.15) is 25.2 Å². The molecule has 1 aromatic carbocycles. The monoisotopic (exact) mass is 267 g/mol. The topological polar surface area (TPSA) is 79.6 Å². The lowest BCUT2D eigenvalue weighted by Gasteiger charge is -2.18. The van der Waals surface area contributed by atoms with Gasteiger partial charge in [-0.05, 0) is 30.7 Å². The maximum Gasteiger partial charge on any atom is 0.128 e. The Balaban J connectivity index is 2.00. The van der Waals surface area contributed by atoms with Gasteiger partial charge in [0.25, 0.3) is 0 Å². The van der Waals surface area contributed by atoms with Crippen molar-refractivity contribution in [3.05, 3.63) is 48.7 Å². The first-order chi connectivity index (χ1) is 9.79. The van der Waals surface area contributed by atoms with E-state index in [1.54, 1.807) is 12.4 Å². The summed E-state index contributed by atoms with van der Waals surface area (Å²) in [5.41, 5.74) is 8.51. The van der Waals surface area contributed by atoms with Crippen molar-refractivity contribution in [3.8, 4) is 0 Å². The lowest BCUT2D eigenvalue weighted by atomic mass is 10.1. The summed E-state index contributed by atoms with van der Waals surface area (Å²) in [6, 6.07) is 7.95. The molecule has 0 aliphatic heterocycles. The van der Waals surface area contributed by atoms with Crippen LogP contribution in [0, 0.1) is 0 Å². The lowest BCUT2D eigenvalue weighted by molar-refractivity contribution is 0.705. The summed E-state index contributed by atoms with van der Waals surface area (Å²) in [6.45, 7) is 2.12. The van der Waals surface area contributed by atoms with Gasteiger partial charge in [0.2, 0.25) is 0 Å². The predicted octanol–water partition coefficient (Wildman–Crippen LogP) is 3.10. The number of H-pyrrole nitrogens is 1. The van der Waals surface area contributed by atoms with Gasteiger partial charge >= 0.3 is 0 Å². The minimum Gasteiger partial charge on any atom is -0.397 e. The van der Waals surface area contributed by atoms with Gasteiger partial charge in [-0.2, -0.15) is 0 Å². The number of nitrogen functional groups attached to an aromatic ring is 1. The average molecular weight is 267 g/mol. The highest BCUT2D eigenvalue weighted by Gasteiger charge is 2.13. The van der Waals surface area contributed by atoms with Gasteiger partial charge < -0.3 is 16.0 Å². The van der Waals surface area contributed by atoms with E-state index in [2.05, 4.69) is 27.2 Å². The fourth-order valence-corrected chi connectivity index (χ4v) is 2.34. The zero-order valence-corrected chi connectivity index (χ0v) is 11.3. The van der Waals surface area contributed by atoms with Crippen LogP contribution in [0.15, 0.2) is 42.9 Å². The summed E-state index contributed by atoms with van der Waals surface area (Å²) < 4.78 is 0. The Morgan fingerprint density at radius 2 is 2.15 bits per heavy atom. The van der Waals surface area contributed by atoms with E-state index in [0.717, 1.165) is 28.8 Å². The van der Waals surface area contributed by atoms with Crippen molar-refractivity contribution < 1.29 is 0 Å². The molecular formula is C15H17N5. The molecule has 0 aliphatic rings. The highest BCUT2D eigenvalue weighted by Crippen LogP contribution is 2.29. The first-order valence-electron chi connectivity index (χ1n) is 6.68.